The molecule has 3 rings (SSSR count). The molecule has 23 heavy (non-hydrogen) atoms. The fraction of sp³-hybridized carbons (Fsp3) is 0.692. The number of nitrogens with zero attached hydrogens (tertiary/aromatic N) is 7. The highest BCUT2D eigenvalue weighted by Gasteiger charge is 2.35. The van der Waals surface area contributed by atoms with Gasteiger partial charge in [0.1, 0.15) is 0 Å². The summed E-state index contributed by atoms with van der Waals surface area (Å²) in [5, 5.41) is 15.2. The van der Waals surface area contributed by atoms with Crippen LogP contribution in [0.5, 0.6) is 0 Å². The Bertz CT molecular complexity index is 663. The van der Waals surface area contributed by atoms with Crippen molar-refractivity contribution in [2.45, 2.75) is 38.0 Å². The van der Waals surface area contributed by atoms with Crippen molar-refractivity contribution in [3.8, 4) is 0 Å². The first-order valence-electron chi connectivity index (χ1n) is 7.45. The molecule has 0 radical (unpaired) electrons. The Hall–Kier alpha value is -1.97. The molecule has 2 aromatic rings. The standard InChI is InChI=1S/C13H18F3N7/c1-9(12-17-19-20-21(12)2)22-6-3-4-10(8-22)23-7-5-11(18-23)13(14,15)16/h5,7,9-10H,3-4,6,8H2,1-2H3/t9-,10-/m0/s1. The van der Waals surface area contributed by atoms with Gasteiger partial charge in [-0.1, -0.05) is 0 Å². The molecule has 126 valence electrons. The lowest BCUT2D eigenvalue weighted by atomic mass is 10.0. The quantitative estimate of drug-likeness (QED) is 0.859. The molecule has 1 fully saturated rings. The first-order chi connectivity index (χ1) is 10.9. The molecule has 2 aromatic heterocycles. The molecular formula is C13H18F3N7. The highest BCUT2D eigenvalue weighted by molar-refractivity contribution is 5.04. The smallest absolute Gasteiger partial charge is 0.291 e. The predicted molar refractivity (Wildman–Crippen MR) is 74.3 cm³/mol. The van der Waals surface area contributed by atoms with Crippen molar-refractivity contribution in [1.29, 1.82) is 0 Å². The summed E-state index contributed by atoms with van der Waals surface area (Å²) in [6, 6.07) is 0.938. The van der Waals surface area contributed by atoms with E-state index in [-0.39, 0.29) is 12.1 Å². The van der Waals surface area contributed by atoms with Crippen LogP contribution in [0, 0.1) is 0 Å². The number of alkyl halides is 3. The molecule has 7 nitrogen and oxygen atoms in total. The van der Waals surface area contributed by atoms with Crippen molar-refractivity contribution in [3.63, 3.8) is 0 Å². The Kier molecular flexibility index (Phi) is 4.09. The van der Waals surface area contributed by atoms with Gasteiger partial charge in [0.25, 0.3) is 0 Å². The van der Waals surface area contributed by atoms with Gasteiger partial charge in [-0.3, -0.25) is 9.58 Å². The third kappa shape index (κ3) is 3.21. The van der Waals surface area contributed by atoms with Crippen LogP contribution >= 0.6 is 0 Å². The van der Waals surface area contributed by atoms with Crippen molar-refractivity contribution < 1.29 is 13.2 Å². The number of rotatable bonds is 3. The van der Waals surface area contributed by atoms with E-state index in [1.54, 1.807) is 11.7 Å². The topological polar surface area (TPSA) is 64.7 Å². The van der Waals surface area contributed by atoms with E-state index >= 15 is 0 Å². The van der Waals surface area contributed by atoms with Crippen molar-refractivity contribution in [1.82, 2.24) is 34.9 Å². The van der Waals surface area contributed by atoms with E-state index in [0.717, 1.165) is 31.3 Å². The molecule has 0 aliphatic carbocycles. The molecule has 3 heterocycles. The van der Waals surface area contributed by atoms with Gasteiger partial charge >= 0.3 is 6.18 Å². The van der Waals surface area contributed by atoms with E-state index in [4.69, 9.17) is 0 Å². The van der Waals surface area contributed by atoms with Crippen LogP contribution < -0.4 is 0 Å². The largest absolute Gasteiger partial charge is 0.435 e. The van der Waals surface area contributed by atoms with Gasteiger partial charge in [0, 0.05) is 19.8 Å². The van der Waals surface area contributed by atoms with E-state index in [9.17, 15) is 13.2 Å². The molecule has 0 bridgehead atoms. The molecule has 0 N–H and O–H groups in total. The van der Waals surface area contributed by atoms with Crippen molar-refractivity contribution >= 4 is 0 Å². The molecule has 1 aliphatic heterocycles. The third-order valence-corrected chi connectivity index (χ3v) is 4.28. The maximum Gasteiger partial charge on any atom is 0.435 e. The van der Waals surface area contributed by atoms with Crippen LogP contribution in [0.3, 0.4) is 0 Å². The second-order valence-corrected chi connectivity index (χ2v) is 5.81. The van der Waals surface area contributed by atoms with Crippen LogP contribution in [0.4, 0.5) is 13.2 Å². The van der Waals surface area contributed by atoms with Crippen molar-refractivity contribution in [2.24, 2.45) is 7.05 Å². The summed E-state index contributed by atoms with van der Waals surface area (Å²) in [4.78, 5) is 2.18. The van der Waals surface area contributed by atoms with Crippen LogP contribution in [0.25, 0.3) is 0 Å². The average Bonchev–Trinajstić information content (AvgIpc) is 3.15. The van der Waals surface area contributed by atoms with Gasteiger partial charge in [0.05, 0.1) is 12.1 Å². The van der Waals surface area contributed by atoms with Crippen LogP contribution in [0.15, 0.2) is 12.3 Å². The lowest BCUT2D eigenvalue weighted by Crippen LogP contribution is -2.39. The summed E-state index contributed by atoms with van der Waals surface area (Å²) in [6.45, 7) is 3.48. The molecule has 0 saturated carbocycles. The van der Waals surface area contributed by atoms with Crippen LogP contribution in [0.2, 0.25) is 0 Å². The molecule has 1 aliphatic rings. The summed E-state index contributed by atoms with van der Waals surface area (Å²) in [6.07, 6.45) is -1.30. The van der Waals surface area contributed by atoms with Crippen molar-refractivity contribution in [3.05, 3.63) is 23.8 Å². The number of aromatic nitrogens is 6. The monoisotopic (exact) mass is 329 g/mol. The zero-order valence-electron chi connectivity index (χ0n) is 12.9. The third-order valence-electron chi connectivity index (χ3n) is 4.28. The second kappa shape index (κ2) is 5.91. The minimum absolute atomic E-state index is 0.00421. The van der Waals surface area contributed by atoms with E-state index < -0.39 is 11.9 Å². The van der Waals surface area contributed by atoms with Crippen LogP contribution in [-0.4, -0.2) is 48.0 Å². The molecule has 2 atom stereocenters. The van der Waals surface area contributed by atoms with E-state index in [2.05, 4.69) is 25.5 Å². The Morgan fingerprint density at radius 2 is 2.13 bits per heavy atom. The summed E-state index contributed by atoms with van der Waals surface area (Å²) >= 11 is 0. The van der Waals surface area contributed by atoms with Crippen LogP contribution in [0.1, 0.15) is 43.4 Å². The van der Waals surface area contributed by atoms with Gasteiger partial charge in [-0.25, -0.2) is 4.68 Å². The Morgan fingerprint density at radius 3 is 2.74 bits per heavy atom. The molecule has 1 saturated heterocycles. The fourth-order valence-corrected chi connectivity index (χ4v) is 3.00. The first-order valence-corrected chi connectivity index (χ1v) is 7.45. The second-order valence-electron chi connectivity index (χ2n) is 5.81. The molecule has 0 spiro atoms. The van der Waals surface area contributed by atoms with Crippen LogP contribution in [-0.2, 0) is 13.2 Å². The summed E-state index contributed by atoms with van der Waals surface area (Å²) in [5.41, 5.74) is -0.847. The number of hydrogen-bond acceptors (Lipinski definition) is 5. The lowest BCUT2D eigenvalue weighted by Gasteiger charge is -2.36. The highest BCUT2D eigenvalue weighted by Crippen LogP contribution is 2.31. The maximum atomic E-state index is 12.7. The number of halogens is 3. The van der Waals surface area contributed by atoms with E-state index in [1.165, 1.54) is 10.9 Å². The lowest BCUT2D eigenvalue weighted by molar-refractivity contribution is -0.141. The van der Waals surface area contributed by atoms with Gasteiger partial charge in [-0.2, -0.15) is 18.3 Å². The normalized spacial score (nSPS) is 21.5. The Balaban J connectivity index is 1.73. The maximum absolute atomic E-state index is 12.7. The van der Waals surface area contributed by atoms with Gasteiger partial charge in [0.2, 0.25) is 0 Å². The highest BCUT2D eigenvalue weighted by atomic mass is 19.4. The summed E-state index contributed by atoms with van der Waals surface area (Å²) in [5.74, 6) is 0.738. The zero-order valence-corrected chi connectivity index (χ0v) is 12.9. The number of hydrogen-bond donors (Lipinski definition) is 0. The summed E-state index contributed by atoms with van der Waals surface area (Å²) < 4.78 is 41.1. The average molecular weight is 329 g/mol. The molecule has 0 unspecified atom stereocenters. The Morgan fingerprint density at radius 1 is 1.35 bits per heavy atom. The number of aryl methyl sites for hydroxylation is 1. The van der Waals surface area contributed by atoms with Crippen molar-refractivity contribution in [2.75, 3.05) is 13.1 Å². The minimum Gasteiger partial charge on any atom is -0.291 e. The molecular weight excluding hydrogens is 311 g/mol. The van der Waals surface area contributed by atoms with Gasteiger partial charge in [-0.05, 0) is 42.8 Å². The number of piperidine rings is 1. The zero-order chi connectivity index (χ0) is 16.6. The van der Waals surface area contributed by atoms with Gasteiger partial charge < -0.3 is 0 Å². The SMILES string of the molecule is C[C@@H](c1nnnn1C)N1CCC[C@H](n2ccc(C(F)(F)F)n2)C1. The first kappa shape index (κ1) is 15.9. The van der Waals surface area contributed by atoms with Gasteiger partial charge in [-0.15, -0.1) is 5.10 Å². The molecule has 10 heteroatoms. The number of likely N-dealkylation sites (tertiary alicyclic amines) is 1. The van der Waals surface area contributed by atoms with Gasteiger partial charge in [0.15, 0.2) is 11.5 Å². The predicted octanol–water partition coefficient (Wildman–Crippen LogP) is 1.82. The Labute approximate surface area is 131 Å². The minimum atomic E-state index is -4.41. The van der Waals surface area contributed by atoms with E-state index in [0.29, 0.717) is 6.54 Å². The number of tetrazole rings is 1. The summed E-state index contributed by atoms with van der Waals surface area (Å²) in [7, 11) is 1.77. The molecule has 0 amide bonds. The van der Waals surface area contributed by atoms with E-state index in [1.807, 2.05) is 6.92 Å². The molecule has 0 aromatic carbocycles. The fourth-order valence-electron chi connectivity index (χ4n) is 3.00.